The monoisotopic (exact) mass is 345 g/mol. The van der Waals surface area contributed by atoms with Crippen LogP contribution in [0.3, 0.4) is 0 Å². The number of hydrogen-bond acceptors (Lipinski definition) is 3. The summed E-state index contributed by atoms with van der Waals surface area (Å²) < 4.78 is 14.4. The molecule has 3 aromatic rings. The molecule has 1 atom stereocenters. The van der Waals surface area contributed by atoms with Crippen molar-refractivity contribution in [2.45, 2.75) is 6.04 Å². The fraction of sp³-hybridized carbons (Fsp3) is 0.0625. The summed E-state index contributed by atoms with van der Waals surface area (Å²) >= 11 is 3.46. The predicted molar refractivity (Wildman–Crippen MR) is 85.0 cm³/mol. The molecule has 21 heavy (non-hydrogen) atoms. The van der Waals surface area contributed by atoms with Gasteiger partial charge >= 0.3 is 0 Å². The Labute approximate surface area is 130 Å². The first-order valence-electron chi connectivity index (χ1n) is 6.44. The molecule has 0 aliphatic heterocycles. The summed E-state index contributed by atoms with van der Waals surface area (Å²) in [6.07, 6.45) is 3.53. The molecule has 5 heteroatoms. The van der Waals surface area contributed by atoms with Gasteiger partial charge in [0.2, 0.25) is 0 Å². The topological polar surface area (TPSA) is 50.9 Å². The summed E-state index contributed by atoms with van der Waals surface area (Å²) in [5, 5.41) is 2.05. The lowest BCUT2D eigenvalue weighted by Crippen LogP contribution is -2.29. The summed E-state index contributed by atoms with van der Waals surface area (Å²) in [5.74, 6) is 5.44. The highest BCUT2D eigenvalue weighted by Gasteiger charge is 2.18. The van der Waals surface area contributed by atoms with Crippen LogP contribution in [-0.2, 0) is 0 Å². The average molecular weight is 346 g/mol. The van der Waals surface area contributed by atoms with E-state index in [0.717, 1.165) is 26.4 Å². The zero-order valence-corrected chi connectivity index (χ0v) is 12.6. The molecule has 3 nitrogen and oxygen atoms in total. The zero-order valence-electron chi connectivity index (χ0n) is 11.1. The summed E-state index contributed by atoms with van der Waals surface area (Å²) in [6, 6.07) is 12.1. The molecule has 3 N–H and O–H groups in total. The lowest BCUT2D eigenvalue weighted by molar-refractivity contribution is 0.605. The van der Waals surface area contributed by atoms with Crippen LogP contribution in [-0.4, -0.2) is 4.98 Å². The molecule has 1 heterocycles. The largest absolute Gasteiger partial charge is 0.271 e. The molecule has 106 valence electrons. The summed E-state index contributed by atoms with van der Waals surface area (Å²) in [6.45, 7) is 0. The lowest BCUT2D eigenvalue weighted by atomic mass is 9.95. The van der Waals surface area contributed by atoms with Gasteiger partial charge in [0.25, 0.3) is 0 Å². The molecule has 0 spiro atoms. The Morgan fingerprint density at radius 1 is 1.14 bits per heavy atom. The summed E-state index contributed by atoms with van der Waals surface area (Å²) in [7, 11) is 0. The molecular weight excluding hydrogens is 333 g/mol. The Kier molecular flexibility index (Phi) is 3.96. The first-order chi connectivity index (χ1) is 10.2. The number of pyridine rings is 1. The van der Waals surface area contributed by atoms with Gasteiger partial charge in [0.05, 0.1) is 6.04 Å². The molecule has 3 rings (SSSR count). The van der Waals surface area contributed by atoms with Crippen molar-refractivity contribution in [3.63, 3.8) is 0 Å². The van der Waals surface area contributed by atoms with Crippen molar-refractivity contribution in [3.8, 4) is 0 Å². The van der Waals surface area contributed by atoms with E-state index in [9.17, 15) is 4.39 Å². The van der Waals surface area contributed by atoms with E-state index in [0.29, 0.717) is 0 Å². The van der Waals surface area contributed by atoms with Crippen LogP contribution < -0.4 is 11.3 Å². The van der Waals surface area contributed by atoms with E-state index in [4.69, 9.17) is 5.84 Å². The molecule has 2 aromatic carbocycles. The standard InChI is InChI=1S/C16H13BrFN3/c17-15-5-4-11(18)8-14(15)16(21-19)13-3-1-2-10-9-20-7-6-12(10)13/h1-9,16,21H,19H2. The quantitative estimate of drug-likeness (QED) is 0.562. The normalized spacial score (nSPS) is 12.5. The van der Waals surface area contributed by atoms with Crippen LogP contribution in [0.1, 0.15) is 17.2 Å². The number of rotatable bonds is 3. The second-order valence-electron chi connectivity index (χ2n) is 4.71. The minimum absolute atomic E-state index is 0.296. The number of nitrogens with zero attached hydrogens (tertiary/aromatic N) is 1. The molecule has 0 bridgehead atoms. The van der Waals surface area contributed by atoms with Crippen LogP contribution >= 0.6 is 15.9 Å². The first-order valence-corrected chi connectivity index (χ1v) is 7.23. The number of halogens is 2. The van der Waals surface area contributed by atoms with E-state index in [-0.39, 0.29) is 11.9 Å². The van der Waals surface area contributed by atoms with E-state index in [1.165, 1.54) is 12.1 Å². The van der Waals surface area contributed by atoms with Crippen molar-refractivity contribution in [1.29, 1.82) is 0 Å². The van der Waals surface area contributed by atoms with Gasteiger partial charge in [-0.15, -0.1) is 0 Å². The van der Waals surface area contributed by atoms with Crippen molar-refractivity contribution < 1.29 is 4.39 Å². The minimum atomic E-state index is -0.318. The first kappa shape index (κ1) is 14.1. The van der Waals surface area contributed by atoms with Crippen molar-refractivity contribution in [2.24, 2.45) is 5.84 Å². The maximum Gasteiger partial charge on any atom is 0.123 e. The Balaban J connectivity index is 2.21. The number of nitrogens with two attached hydrogens (primary N) is 1. The lowest BCUT2D eigenvalue weighted by Gasteiger charge is -2.20. The van der Waals surface area contributed by atoms with Crippen molar-refractivity contribution in [3.05, 3.63) is 76.3 Å². The summed E-state index contributed by atoms with van der Waals surface area (Å²) in [4.78, 5) is 4.12. The smallest absolute Gasteiger partial charge is 0.123 e. The van der Waals surface area contributed by atoms with Gasteiger partial charge in [0.1, 0.15) is 5.82 Å². The number of fused-ring (bicyclic) bond motifs is 1. The minimum Gasteiger partial charge on any atom is -0.271 e. The number of benzene rings is 2. The third-order valence-corrected chi connectivity index (χ3v) is 4.18. The predicted octanol–water partition coefficient (Wildman–Crippen LogP) is 3.69. The Bertz CT molecular complexity index is 786. The third-order valence-electron chi connectivity index (χ3n) is 3.46. The SMILES string of the molecule is NNC(c1cc(F)ccc1Br)c1cccc2cnccc12. The van der Waals surface area contributed by atoms with E-state index in [2.05, 4.69) is 26.3 Å². The molecule has 0 aliphatic carbocycles. The molecule has 0 amide bonds. The van der Waals surface area contributed by atoms with Gasteiger partial charge < -0.3 is 0 Å². The van der Waals surface area contributed by atoms with Gasteiger partial charge in [-0.1, -0.05) is 34.1 Å². The van der Waals surface area contributed by atoms with Crippen LogP contribution in [0.5, 0.6) is 0 Å². The molecule has 0 aliphatic rings. The molecule has 1 unspecified atom stereocenters. The fourth-order valence-electron chi connectivity index (χ4n) is 2.48. The average Bonchev–Trinajstić information content (AvgIpc) is 2.51. The number of nitrogens with one attached hydrogen (secondary N) is 1. The number of hydrazine groups is 1. The highest BCUT2D eigenvalue weighted by Crippen LogP contribution is 2.32. The summed E-state index contributed by atoms with van der Waals surface area (Å²) in [5.41, 5.74) is 4.51. The van der Waals surface area contributed by atoms with Crippen LogP contribution in [0.25, 0.3) is 10.8 Å². The molecule has 1 aromatic heterocycles. The highest BCUT2D eigenvalue weighted by molar-refractivity contribution is 9.10. The molecule has 0 fully saturated rings. The second kappa shape index (κ2) is 5.89. The Morgan fingerprint density at radius 2 is 2.00 bits per heavy atom. The highest BCUT2D eigenvalue weighted by atomic mass is 79.9. The van der Waals surface area contributed by atoms with Gasteiger partial charge in [-0.3, -0.25) is 10.8 Å². The number of hydrogen-bond donors (Lipinski definition) is 2. The van der Waals surface area contributed by atoms with Gasteiger partial charge in [0.15, 0.2) is 0 Å². The number of aromatic nitrogens is 1. The van der Waals surface area contributed by atoms with E-state index in [1.807, 2.05) is 24.3 Å². The molecule has 0 radical (unpaired) electrons. The van der Waals surface area contributed by atoms with E-state index in [1.54, 1.807) is 18.5 Å². The van der Waals surface area contributed by atoms with Crippen molar-refractivity contribution in [2.75, 3.05) is 0 Å². The van der Waals surface area contributed by atoms with Gasteiger partial charge in [-0.25, -0.2) is 9.82 Å². The van der Waals surface area contributed by atoms with Crippen molar-refractivity contribution in [1.82, 2.24) is 10.4 Å². The third kappa shape index (κ3) is 2.68. The van der Waals surface area contributed by atoms with Gasteiger partial charge in [-0.2, -0.15) is 0 Å². The Hall–Kier alpha value is -1.82. The van der Waals surface area contributed by atoms with Crippen LogP contribution in [0.15, 0.2) is 59.3 Å². The second-order valence-corrected chi connectivity index (χ2v) is 5.56. The maximum absolute atomic E-state index is 13.6. The van der Waals surface area contributed by atoms with Crippen LogP contribution in [0.2, 0.25) is 0 Å². The van der Waals surface area contributed by atoms with Crippen molar-refractivity contribution >= 4 is 26.7 Å². The Morgan fingerprint density at radius 3 is 2.81 bits per heavy atom. The van der Waals surface area contributed by atoms with Crippen LogP contribution in [0.4, 0.5) is 4.39 Å². The van der Waals surface area contributed by atoms with Gasteiger partial charge in [0, 0.05) is 22.3 Å². The van der Waals surface area contributed by atoms with E-state index >= 15 is 0 Å². The molecular formula is C16H13BrFN3. The maximum atomic E-state index is 13.6. The zero-order chi connectivity index (χ0) is 14.8. The van der Waals surface area contributed by atoms with Crippen LogP contribution in [0, 0.1) is 5.82 Å². The van der Waals surface area contributed by atoms with E-state index < -0.39 is 0 Å². The molecule has 0 saturated heterocycles. The molecule has 0 saturated carbocycles. The fourth-order valence-corrected chi connectivity index (χ4v) is 2.96. The van der Waals surface area contributed by atoms with Gasteiger partial charge in [-0.05, 0) is 40.8 Å².